The van der Waals surface area contributed by atoms with E-state index in [1.807, 2.05) is 29.8 Å². The van der Waals surface area contributed by atoms with Gasteiger partial charge >= 0.3 is 0 Å². The number of pyridine rings is 3. The molecule has 0 spiro atoms. The van der Waals surface area contributed by atoms with Crippen molar-refractivity contribution in [2.45, 2.75) is 6.92 Å². The van der Waals surface area contributed by atoms with E-state index in [1.165, 1.54) is 0 Å². The highest BCUT2D eigenvalue weighted by Crippen LogP contribution is 2.30. The van der Waals surface area contributed by atoms with Crippen LogP contribution in [0.1, 0.15) is 5.69 Å². The number of aryl methyl sites for hydroxylation is 1. The molecule has 0 unspecified atom stereocenters. The Labute approximate surface area is 181 Å². The fourth-order valence-electron chi connectivity index (χ4n) is 3.70. The Morgan fingerprint density at radius 1 is 0.969 bits per heavy atom. The predicted molar refractivity (Wildman–Crippen MR) is 118 cm³/mol. The number of fused-ring (bicyclic) bond motifs is 2. The van der Waals surface area contributed by atoms with Crippen molar-refractivity contribution in [1.82, 2.24) is 44.7 Å². The second-order valence-corrected chi connectivity index (χ2v) is 7.36. The first-order valence-corrected chi connectivity index (χ1v) is 9.88. The molecule has 0 atom stereocenters. The average molecular weight is 423 g/mol. The maximum absolute atomic E-state index is 5.29. The van der Waals surface area contributed by atoms with Gasteiger partial charge in [-0.1, -0.05) is 0 Å². The molecular formula is C22H17N9O. The Morgan fingerprint density at radius 3 is 2.72 bits per heavy atom. The van der Waals surface area contributed by atoms with Gasteiger partial charge in [0.25, 0.3) is 0 Å². The average Bonchev–Trinajstić information content (AvgIpc) is 3.55. The summed E-state index contributed by atoms with van der Waals surface area (Å²) in [5.41, 5.74) is 6.48. The zero-order valence-corrected chi connectivity index (χ0v) is 17.2. The maximum atomic E-state index is 5.29. The SMILES string of the molecule is COc1cncc(-c2cc3c(-c4nc5c(-n6cnc(C)c6)cncc5[nH]4)n[nH]c3cn2)c1. The van der Waals surface area contributed by atoms with Crippen LogP contribution in [0.4, 0.5) is 0 Å². The summed E-state index contributed by atoms with van der Waals surface area (Å²) >= 11 is 0. The van der Waals surface area contributed by atoms with Crippen molar-refractivity contribution in [2.24, 2.45) is 0 Å². The van der Waals surface area contributed by atoms with E-state index in [0.717, 1.165) is 44.6 Å². The van der Waals surface area contributed by atoms with Crippen LogP contribution >= 0.6 is 0 Å². The molecule has 6 rings (SSSR count). The van der Waals surface area contributed by atoms with E-state index in [2.05, 4.69) is 35.1 Å². The number of aromatic nitrogens is 9. The first kappa shape index (κ1) is 18.2. The van der Waals surface area contributed by atoms with E-state index in [-0.39, 0.29) is 0 Å². The number of ether oxygens (including phenoxy) is 1. The van der Waals surface area contributed by atoms with E-state index >= 15 is 0 Å². The molecule has 0 saturated carbocycles. The van der Waals surface area contributed by atoms with Crippen LogP contribution in [-0.4, -0.2) is 51.8 Å². The monoisotopic (exact) mass is 423 g/mol. The Morgan fingerprint density at radius 2 is 1.88 bits per heavy atom. The van der Waals surface area contributed by atoms with Gasteiger partial charge in [0.15, 0.2) is 5.82 Å². The van der Waals surface area contributed by atoms with Gasteiger partial charge in [-0.25, -0.2) is 9.97 Å². The smallest absolute Gasteiger partial charge is 0.159 e. The number of methoxy groups -OCH3 is 1. The Bertz CT molecular complexity index is 1590. The fourth-order valence-corrected chi connectivity index (χ4v) is 3.70. The number of H-pyrrole nitrogens is 2. The second kappa shape index (κ2) is 6.98. The maximum Gasteiger partial charge on any atom is 0.159 e. The lowest BCUT2D eigenvalue weighted by molar-refractivity contribution is 0.413. The molecule has 10 heteroatoms. The molecule has 6 heterocycles. The van der Waals surface area contributed by atoms with Crippen molar-refractivity contribution in [2.75, 3.05) is 7.11 Å². The molecular weight excluding hydrogens is 406 g/mol. The van der Waals surface area contributed by atoms with Crippen molar-refractivity contribution in [3.8, 4) is 34.2 Å². The lowest BCUT2D eigenvalue weighted by atomic mass is 10.1. The fraction of sp³-hybridized carbons (Fsp3) is 0.0909. The number of rotatable bonds is 4. The highest BCUT2D eigenvalue weighted by molar-refractivity contribution is 5.95. The van der Waals surface area contributed by atoms with E-state index in [9.17, 15) is 0 Å². The molecule has 0 amide bonds. The number of hydrogen-bond acceptors (Lipinski definition) is 7. The molecule has 6 aromatic rings. The van der Waals surface area contributed by atoms with Crippen LogP contribution in [0.2, 0.25) is 0 Å². The standard InChI is InChI=1S/C22H17N9O/c1-12-10-31(11-26-12)19-9-24-7-18-21(19)28-22(27-18)20-15-4-16(25-8-17(15)29-30-20)13-3-14(32-2)6-23-5-13/h3-11H,1-2H3,(H,27,28)(H,29,30). The minimum absolute atomic E-state index is 0.637. The number of nitrogens with zero attached hydrogens (tertiary/aromatic N) is 7. The van der Waals surface area contributed by atoms with Gasteiger partial charge in [-0.2, -0.15) is 5.10 Å². The first-order valence-electron chi connectivity index (χ1n) is 9.88. The van der Waals surface area contributed by atoms with Gasteiger partial charge in [0.1, 0.15) is 17.0 Å². The summed E-state index contributed by atoms with van der Waals surface area (Å²) in [7, 11) is 1.61. The van der Waals surface area contributed by atoms with Gasteiger partial charge in [0.05, 0.1) is 66.3 Å². The van der Waals surface area contributed by atoms with Crippen LogP contribution in [0.25, 0.3) is 50.4 Å². The van der Waals surface area contributed by atoms with E-state index in [0.29, 0.717) is 17.3 Å². The Hall–Kier alpha value is -4.60. The molecule has 0 aromatic carbocycles. The van der Waals surface area contributed by atoms with Gasteiger partial charge in [-0.15, -0.1) is 0 Å². The van der Waals surface area contributed by atoms with Crippen molar-refractivity contribution in [1.29, 1.82) is 0 Å². The molecule has 6 aromatic heterocycles. The summed E-state index contributed by atoms with van der Waals surface area (Å²) in [6.07, 6.45) is 12.4. The molecule has 0 fully saturated rings. The summed E-state index contributed by atoms with van der Waals surface area (Å²) in [5.74, 6) is 1.31. The van der Waals surface area contributed by atoms with Crippen molar-refractivity contribution < 1.29 is 4.74 Å². The Balaban J connectivity index is 1.49. The van der Waals surface area contributed by atoms with Gasteiger partial charge in [-0.3, -0.25) is 20.1 Å². The molecule has 32 heavy (non-hydrogen) atoms. The third-order valence-electron chi connectivity index (χ3n) is 5.28. The topological polar surface area (TPSA) is 123 Å². The number of hydrogen-bond donors (Lipinski definition) is 2. The molecule has 156 valence electrons. The molecule has 0 aliphatic heterocycles. The zero-order chi connectivity index (χ0) is 21.7. The molecule has 0 aliphatic rings. The number of imidazole rings is 2. The van der Waals surface area contributed by atoms with Crippen LogP contribution in [0.3, 0.4) is 0 Å². The van der Waals surface area contributed by atoms with Gasteiger partial charge in [0.2, 0.25) is 0 Å². The van der Waals surface area contributed by atoms with Crippen LogP contribution < -0.4 is 4.74 Å². The van der Waals surface area contributed by atoms with Crippen LogP contribution in [-0.2, 0) is 0 Å². The molecule has 10 nitrogen and oxygen atoms in total. The molecule has 0 aliphatic carbocycles. The van der Waals surface area contributed by atoms with Crippen molar-refractivity contribution >= 4 is 21.9 Å². The van der Waals surface area contributed by atoms with Crippen LogP contribution in [0.5, 0.6) is 5.75 Å². The predicted octanol–water partition coefficient (Wildman–Crippen LogP) is 3.46. The number of aromatic amines is 2. The summed E-state index contributed by atoms with van der Waals surface area (Å²) < 4.78 is 7.20. The quantitative estimate of drug-likeness (QED) is 0.445. The van der Waals surface area contributed by atoms with Crippen molar-refractivity contribution in [3.63, 3.8) is 0 Å². The summed E-state index contributed by atoms with van der Waals surface area (Å²) in [6.45, 7) is 1.94. The zero-order valence-electron chi connectivity index (χ0n) is 17.2. The van der Waals surface area contributed by atoms with E-state index in [1.54, 1.807) is 44.4 Å². The second-order valence-electron chi connectivity index (χ2n) is 7.36. The minimum atomic E-state index is 0.637. The summed E-state index contributed by atoms with van der Waals surface area (Å²) in [5, 5.41) is 8.43. The van der Waals surface area contributed by atoms with Gasteiger partial charge in [0, 0.05) is 23.3 Å². The van der Waals surface area contributed by atoms with Gasteiger partial charge in [-0.05, 0) is 19.1 Å². The molecule has 0 saturated heterocycles. The number of nitrogens with one attached hydrogen (secondary N) is 2. The Kier molecular flexibility index (Phi) is 3.97. The van der Waals surface area contributed by atoms with Crippen LogP contribution in [0, 0.1) is 6.92 Å². The summed E-state index contributed by atoms with van der Waals surface area (Å²) in [4.78, 5) is 25.6. The van der Waals surface area contributed by atoms with Crippen molar-refractivity contribution in [3.05, 3.63) is 61.3 Å². The highest BCUT2D eigenvalue weighted by atomic mass is 16.5. The molecule has 0 radical (unpaired) electrons. The van der Waals surface area contributed by atoms with Crippen LogP contribution in [0.15, 0.2) is 55.6 Å². The van der Waals surface area contributed by atoms with E-state index in [4.69, 9.17) is 9.72 Å². The lowest BCUT2D eigenvalue weighted by Gasteiger charge is -2.03. The highest BCUT2D eigenvalue weighted by Gasteiger charge is 2.17. The third-order valence-corrected chi connectivity index (χ3v) is 5.28. The third kappa shape index (κ3) is 2.88. The molecule has 0 bridgehead atoms. The van der Waals surface area contributed by atoms with Gasteiger partial charge < -0.3 is 14.3 Å². The molecule has 2 N–H and O–H groups in total. The normalized spacial score (nSPS) is 11.4. The largest absolute Gasteiger partial charge is 0.495 e. The summed E-state index contributed by atoms with van der Waals surface area (Å²) in [6, 6.07) is 3.86. The lowest BCUT2D eigenvalue weighted by Crippen LogP contribution is -1.92. The van der Waals surface area contributed by atoms with E-state index < -0.39 is 0 Å². The minimum Gasteiger partial charge on any atom is -0.495 e. The first-order chi connectivity index (χ1) is 15.7.